The van der Waals surface area contributed by atoms with Crippen LogP contribution in [0.3, 0.4) is 0 Å². The number of hydrogen-bond donors (Lipinski definition) is 0. The van der Waals surface area contributed by atoms with Crippen LogP contribution in [0.1, 0.15) is 22.5 Å². The fourth-order valence-electron chi connectivity index (χ4n) is 17.2. The van der Waals surface area contributed by atoms with Crippen LogP contribution < -0.4 is 0 Å². The van der Waals surface area contributed by atoms with E-state index in [1.807, 2.05) is 112 Å². The van der Waals surface area contributed by atoms with Crippen molar-refractivity contribution in [3.05, 3.63) is 405 Å². The highest BCUT2D eigenvalue weighted by molar-refractivity contribution is 7.27. The van der Waals surface area contributed by atoms with Crippen LogP contribution in [0.5, 0.6) is 0 Å². The molecular formula is C111H63N9S4. The molecule has 0 unspecified atom stereocenters. The average molecular weight is 1650 g/mol. The summed E-state index contributed by atoms with van der Waals surface area (Å²) >= 11 is 7.27. The Morgan fingerprint density at radius 2 is 0.573 bits per heavy atom. The first-order chi connectivity index (χ1) is 61.3. The third-order valence-electron chi connectivity index (χ3n) is 22.9. The standard InChI is InChI=1S/3C28H16N2S.C27H15N3S/c29-15-18-12-21(17-30-16-18)25-14-27-28(23-9-5-4-8-22(23)25)24-11-10-20(13-26(24)31-27)19-6-2-1-3-7-19;29-17-18-12-13-30-25(14-18)24-16-27-28(22-9-5-4-8-21(22)24)23-11-10-20(15-26(23)31-27)19-6-2-1-3-7-19;29-17-21-14-20(12-13-30-21)25-16-27-28(23-9-5-4-8-22(23)25)24-11-10-19(15-26(24)31-27)18-6-2-1-3-7-18;28-16-18-14-17(12-13-29-18)23-9-5-10-24(30-23)22-15-26-27(20-7-2-1-6-19(20)22)21-8-3-4-11-25(21)31-26/h1-14,16-17H;2*1-16H;1-15H. The largest absolute Gasteiger partial charge is 0.263 e. The van der Waals surface area contributed by atoms with E-state index in [2.05, 4.69) is 323 Å². The summed E-state index contributed by atoms with van der Waals surface area (Å²) in [7, 11) is 0. The van der Waals surface area contributed by atoms with Crippen LogP contribution in [0.2, 0.25) is 0 Å². The first kappa shape index (κ1) is 75.4. The van der Waals surface area contributed by atoms with Gasteiger partial charge in [-0.2, -0.15) is 21.0 Å². The molecule has 0 aliphatic carbocycles. The van der Waals surface area contributed by atoms with Crippen LogP contribution in [-0.4, -0.2) is 24.9 Å². The Kier molecular flexibility index (Phi) is 19.8. The van der Waals surface area contributed by atoms with Crippen LogP contribution in [-0.2, 0) is 0 Å². The number of aromatic nitrogens is 5. The van der Waals surface area contributed by atoms with Gasteiger partial charge < -0.3 is 0 Å². The molecule has 0 saturated carbocycles. The van der Waals surface area contributed by atoms with Crippen molar-refractivity contribution in [1.82, 2.24) is 24.9 Å². The summed E-state index contributed by atoms with van der Waals surface area (Å²) in [5.41, 5.74) is 19.3. The van der Waals surface area contributed by atoms with Gasteiger partial charge in [0.1, 0.15) is 29.6 Å². The third-order valence-corrected chi connectivity index (χ3v) is 27.3. The SMILES string of the molecule is N#Cc1cc(-c2cc3sc4cc(-c5ccccc5)ccc4c3c3ccccc23)ccn1.N#Cc1cc(-c2cccc(-c3cc4sc5ccccc5c4c4ccccc34)n2)ccn1.N#Cc1ccnc(-c2cc3sc4cc(-c5ccccc5)ccc4c3c3ccccc23)c1.N#Cc1cncc(-c2cc3sc4cc(-c5ccccc5)ccc4c3c3ccccc23)c1. The predicted octanol–water partition coefficient (Wildman–Crippen LogP) is 30.6. The molecule has 9 nitrogen and oxygen atoms in total. The van der Waals surface area contributed by atoms with Gasteiger partial charge in [0.25, 0.3) is 0 Å². The van der Waals surface area contributed by atoms with E-state index >= 15 is 0 Å². The third kappa shape index (κ3) is 14.1. The molecule has 0 spiro atoms. The van der Waals surface area contributed by atoms with E-state index in [4.69, 9.17) is 4.98 Å². The van der Waals surface area contributed by atoms with Crippen molar-refractivity contribution in [3.63, 3.8) is 0 Å². The van der Waals surface area contributed by atoms with Crippen molar-refractivity contribution in [3.8, 4) is 114 Å². The van der Waals surface area contributed by atoms with E-state index in [1.54, 1.807) is 36.9 Å². The number of fused-ring (bicyclic) bond motifs is 20. The molecule has 0 atom stereocenters. The second kappa shape index (κ2) is 32.6. The van der Waals surface area contributed by atoms with Gasteiger partial charge in [-0.05, 0) is 196 Å². The maximum Gasteiger partial charge on any atom is 0.141 e. The van der Waals surface area contributed by atoms with E-state index < -0.39 is 0 Å². The normalized spacial score (nSPS) is 11.2. The zero-order chi connectivity index (χ0) is 83.1. The molecule has 9 heterocycles. The Morgan fingerprint density at radius 3 is 1.04 bits per heavy atom. The molecule has 15 aromatic carbocycles. The molecule has 0 saturated heterocycles. The van der Waals surface area contributed by atoms with Gasteiger partial charge in [0, 0.05) is 134 Å². The number of hydrogen-bond acceptors (Lipinski definition) is 13. The fraction of sp³-hybridized carbons (Fsp3) is 0. The highest BCUT2D eigenvalue weighted by atomic mass is 32.1. The number of thiophene rings is 4. The lowest BCUT2D eigenvalue weighted by atomic mass is 9.95. The molecule has 0 fully saturated rings. The highest BCUT2D eigenvalue weighted by Crippen LogP contribution is 2.49. The van der Waals surface area contributed by atoms with E-state index in [0.717, 1.165) is 61.4 Å². The highest BCUT2D eigenvalue weighted by Gasteiger charge is 2.21. The summed E-state index contributed by atoms with van der Waals surface area (Å²) in [6.07, 6.45) is 8.53. The summed E-state index contributed by atoms with van der Waals surface area (Å²) in [5.74, 6) is 0. The Bertz CT molecular complexity index is 7980. The molecule has 124 heavy (non-hydrogen) atoms. The van der Waals surface area contributed by atoms with Gasteiger partial charge in [0.2, 0.25) is 0 Å². The maximum atomic E-state index is 9.33. The van der Waals surface area contributed by atoms with Crippen molar-refractivity contribution in [1.29, 1.82) is 21.0 Å². The average Bonchev–Trinajstić information content (AvgIpc) is 1.60. The molecule has 24 aromatic rings. The van der Waals surface area contributed by atoms with Crippen LogP contribution in [0.15, 0.2) is 383 Å². The number of benzene rings is 15. The minimum Gasteiger partial charge on any atom is -0.263 e. The molecular weight excluding hydrogens is 1590 g/mol. The van der Waals surface area contributed by atoms with Gasteiger partial charge in [0.05, 0.1) is 34.3 Å². The lowest BCUT2D eigenvalue weighted by molar-refractivity contribution is 1.25. The van der Waals surface area contributed by atoms with Gasteiger partial charge in [-0.3, -0.25) is 9.97 Å². The second-order valence-electron chi connectivity index (χ2n) is 30.1. The van der Waals surface area contributed by atoms with Gasteiger partial charge in [-0.25, -0.2) is 15.0 Å². The van der Waals surface area contributed by atoms with Crippen molar-refractivity contribution >= 4 is 169 Å². The van der Waals surface area contributed by atoms with Crippen molar-refractivity contribution < 1.29 is 0 Å². The number of rotatable bonds is 8. The summed E-state index contributed by atoms with van der Waals surface area (Å²) in [6, 6.07) is 131. The Balaban J connectivity index is 0.000000101. The van der Waals surface area contributed by atoms with Crippen LogP contribution >= 0.6 is 45.3 Å². The lowest BCUT2D eigenvalue weighted by Crippen LogP contribution is -1.91. The van der Waals surface area contributed by atoms with E-state index in [1.165, 1.54) is 152 Å². The zero-order valence-corrected chi connectivity index (χ0v) is 69.3. The Morgan fingerprint density at radius 1 is 0.202 bits per heavy atom. The Labute approximate surface area is 728 Å². The first-order valence-electron chi connectivity index (χ1n) is 40.3. The molecule has 576 valence electrons. The fourth-order valence-corrected chi connectivity index (χ4v) is 22.0. The smallest absolute Gasteiger partial charge is 0.141 e. The van der Waals surface area contributed by atoms with Crippen LogP contribution in [0.25, 0.3) is 213 Å². The van der Waals surface area contributed by atoms with E-state index in [9.17, 15) is 21.0 Å². The summed E-state index contributed by atoms with van der Waals surface area (Å²) in [4.78, 5) is 22.0. The van der Waals surface area contributed by atoms with Gasteiger partial charge in [0.15, 0.2) is 0 Å². The van der Waals surface area contributed by atoms with Crippen LogP contribution in [0.4, 0.5) is 0 Å². The van der Waals surface area contributed by atoms with Gasteiger partial charge in [-0.15, -0.1) is 45.3 Å². The van der Waals surface area contributed by atoms with E-state index in [-0.39, 0.29) is 0 Å². The Hall–Kier alpha value is -16.1. The zero-order valence-electron chi connectivity index (χ0n) is 66.0. The predicted molar refractivity (Wildman–Crippen MR) is 519 cm³/mol. The molecule has 9 aromatic heterocycles. The first-order valence-corrected chi connectivity index (χ1v) is 43.6. The minimum absolute atomic E-state index is 0.391. The minimum atomic E-state index is 0.391. The quantitative estimate of drug-likeness (QED) is 0.144. The van der Waals surface area contributed by atoms with Crippen molar-refractivity contribution in [2.75, 3.05) is 0 Å². The lowest BCUT2D eigenvalue weighted by Gasteiger charge is -2.10. The summed E-state index contributed by atoms with van der Waals surface area (Å²) in [6.45, 7) is 0. The molecule has 13 heteroatoms. The molecule has 0 aliphatic heterocycles. The molecule has 24 rings (SSSR count). The second-order valence-corrected chi connectivity index (χ2v) is 34.4. The van der Waals surface area contributed by atoms with Crippen LogP contribution in [0, 0.1) is 45.3 Å². The maximum absolute atomic E-state index is 9.33. The van der Waals surface area contributed by atoms with Crippen molar-refractivity contribution in [2.24, 2.45) is 0 Å². The molecule has 0 bridgehead atoms. The summed E-state index contributed by atoms with van der Waals surface area (Å²) in [5, 5.41) is 57.1. The molecule has 0 N–H and O–H groups in total. The van der Waals surface area contributed by atoms with Gasteiger partial charge in [-0.1, -0.05) is 249 Å². The molecule has 0 radical (unpaired) electrons. The molecule has 0 amide bonds. The molecule has 0 aliphatic rings. The number of pyridine rings is 5. The van der Waals surface area contributed by atoms with Crippen molar-refractivity contribution in [2.45, 2.75) is 0 Å². The van der Waals surface area contributed by atoms with E-state index in [0.29, 0.717) is 22.5 Å². The monoisotopic (exact) mass is 1650 g/mol. The topological polar surface area (TPSA) is 160 Å². The number of nitrogens with zero attached hydrogens (tertiary/aromatic N) is 9. The summed E-state index contributed by atoms with van der Waals surface area (Å²) < 4.78 is 10.1. The number of nitriles is 4. The van der Waals surface area contributed by atoms with Gasteiger partial charge >= 0.3 is 0 Å².